The van der Waals surface area contributed by atoms with Crippen molar-refractivity contribution in [2.24, 2.45) is 0 Å². The third-order valence-corrected chi connectivity index (χ3v) is 5.08. The standard InChI is InChI=1S/C16H18F3N3S/c17-16(18,19)12-22-7-6-20-15(22)11-21-8-9-23-14(10-21)13-4-2-1-3-5-13/h1-7,14H,8-12H2. The van der Waals surface area contributed by atoms with Crippen LogP contribution in [0.1, 0.15) is 16.6 Å². The fourth-order valence-electron chi connectivity index (χ4n) is 2.74. The first-order valence-electron chi connectivity index (χ1n) is 7.47. The fraction of sp³-hybridized carbons (Fsp3) is 0.438. The molecule has 0 radical (unpaired) electrons. The lowest BCUT2D eigenvalue weighted by atomic mass is 10.1. The largest absolute Gasteiger partial charge is 0.406 e. The van der Waals surface area contributed by atoms with Gasteiger partial charge in [0.2, 0.25) is 0 Å². The second kappa shape index (κ2) is 6.97. The Labute approximate surface area is 137 Å². The molecular weight excluding hydrogens is 323 g/mol. The summed E-state index contributed by atoms with van der Waals surface area (Å²) in [6.45, 7) is 1.17. The van der Waals surface area contributed by atoms with Crippen LogP contribution in [0.4, 0.5) is 13.2 Å². The topological polar surface area (TPSA) is 21.1 Å². The zero-order valence-electron chi connectivity index (χ0n) is 12.5. The zero-order chi connectivity index (χ0) is 16.3. The normalized spacial score (nSPS) is 19.9. The Morgan fingerprint density at radius 3 is 2.74 bits per heavy atom. The number of benzene rings is 1. The Kier molecular flexibility index (Phi) is 4.96. The van der Waals surface area contributed by atoms with E-state index in [1.54, 1.807) is 0 Å². The number of nitrogens with zero attached hydrogens (tertiary/aromatic N) is 3. The van der Waals surface area contributed by atoms with Crippen LogP contribution in [0.5, 0.6) is 0 Å². The van der Waals surface area contributed by atoms with Crippen LogP contribution in [-0.4, -0.2) is 39.5 Å². The van der Waals surface area contributed by atoms with Crippen molar-refractivity contribution >= 4 is 11.8 Å². The molecule has 23 heavy (non-hydrogen) atoms. The highest BCUT2D eigenvalue weighted by molar-refractivity contribution is 7.99. The predicted molar refractivity (Wildman–Crippen MR) is 85.2 cm³/mol. The van der Waals surface area contributed by atoms with Crippen LogP contribution in [0.25, 0.3) is 0 Å². The van der Waals surface area contributed by atoms with Crippen molar-refractivity contribution in [1.82, 2.24) is 14.5 Å². The maximum absolute atomic E-state index is 12.6. The van der Waals surface area contributed by atoms with Crippen LogP contribution in [0, 0.1) is 0 Å². The van der Waals surface area contributed by atoms with Crippen LogP contribution in [0.3, 0.4) is 0 Å². The van der Waals surface area contributed by atoms with E-state index in [1.165, 1.54) is 22.5 Å². The summed E-state index contributed by atoms with van der Waals surface area (Å²) in [6.07, 6.45) is -1.38. The van der Waals surface area contributed by atoms with Crippen LogP contribution in [-0.2, 0) is 13.1 Å². The summed E-state index contributed by atoms with van der Waals surface area (Å²) in [7, 11) is 0. The molecule has 2 heterocycles. The summed E-state index contributed by atoms with van der Waals surface area (Å²) in [6, 6.07) is 10.2. The molecule has 0 saturated carbocycles. The van der Waals surface area contributed by atoms with Crippen molar-refractivity contribution in [2.75, 3.05) is 18.8 Å². The molecule has 0 aliphatic carbocycles. The Morgan fingerprint density at radius 2 is 2.00 bits per heavy atom. The van der Waals surface area contributed by atoms with Crippen molar-refractivity contribution in [3.8, 4) is 0 Å². The average Bonchev–Trinajstić information content (AvgIpc) is 2.93. The number of aromatic nitrogens is 2. The lowest BCUT2D eigenvalue weighted by molar-refractivity contribution is -0.141. The van der Waals surface area contributed by atoms with Crippen molar-refractivity contribution in [3.63, 3.8) is 0 Å². The van der Waals surface area contributed by atoms with Crippen molar-refractivity contribution < 1.29 is 13.2 Å². The van der Waals surface area contributed by atoms with Gasteiger partial charge in [0.15, 0.2) is 0 Å². The van der Waals surface area contributed by atoms with Gasteiger partial charge in [0.1, 0.15) is 12.4 Å². The first kappa shape index (κ1) is 16.4. The summed E-state index contributed by atoms with van der Waals surface area (Å²) in [5.74, 6) is 1.44. The third-order valence-electron chi connectivity index (χ3n) is 3.84. The maximum atomic E-state index is 12.6. The Balaban J connectivity index is 1.66. The second-order valence-electron chi connectivity index (χ2n) is 5.59. The predicted octanol–water partition coefficient (Wildman–Crippen LogP) is 3.74. The molecule has 124 valence electrons. The van der Waals surface area contributed by atoms with E-state index < -0.39 is 12.7 Å². The lowest BCUT2D eigenvalue weighted by Gasteiger charge is -2.32. The average molecular weight is 341 g/mol. The van der Waals surface area contributed by atoms with Crippen molar-refractivity contribution in [1.29, 1.82) is 0 Å². The van der Waals surface area contributed by atoms with Gasteiger partial charge in [-0.15, -0.1) is 0 Å². The summed E-state index contributed by atoms with van der Waals surface area (Å²) in [4.78, 5) is 6.29. The van der Waals surface area contributed by atoms with Crippen LogP contribution in [0.15, 0.2) is 42.7 Å². The van der Waals surface area contributed by atoms with E-state index in [2.05, 4.69) is 22.0 Å². The first-order valence-corrected chi connectivity index (χ1v) is 8.52. The molecule has 1 saturated heterocycles. The van der Waals surface area contributed by atoms with E-state index in [1.807, 2.05) is 30.0 Å². The highest BCUT2D eigenvalue weighted by atomic mass is 32.2. The molecule has 3 nitrogen and oxygen atoms in total. The minimum absolute atomic E-state index is 0.357. The number of alkyl halides is 3. The summed E-state index contributed by atoms with van der Waals surface area (Å²) in [5.41, 5.74) is 1.26. The van der Waals surface area contributed by atoms with Gasteiger partial charge in [-0.25, -0.2) is 4.98 Å². The number of rotatable bonds is 4. The molecule has 1 aromatic heterocycles. The molecule has 0 N–H and O–H groups in total. The molecule has 0 bridgehead atoms. The van der Waals surface area contributed by atoms with Gasteiger partial charge in [0.25, 0.3) is 0 Å². The molecule has 3 rings (SSSR count). The van der Waals surface area contributed by atoms with E-state index in [0.29, 0.717) is 17.6 Å². The van der Waals surface area contributed by atoms with Gasteiger partial charge in [-0.1, -0.05) is 30.3 Å². The van der Waals surface area contributed by atoms with E-state index >= 15 is 0 Å². The minimum Gasteiger partial charge on any atom is -0.325 e. The van der Waals surface area contributed by atoms with Gasteiger partial charge in [0, 0.05) is 36.5 Å². The van der Waals surface area contributed by atoms with E-state index in [9.17, 15) is 13.2 Å². The van der Waals surface area contributed by atoms with Crippen molar-refractivity contribution in [3.05, 3.63) is 54.1 Å². The van der Waals surface area contributed by atoms with Gasteiger partial charge in [-0.05, 0) is 5.56 Å². The summed E-state index contributed by atoms with van der Waals surface area (Å²) < 4.78 is 39.0. The molecule has 7 heteroatoms. The van der Waals surface area contributed by atoms with Gasteiger partial charge >= 0.3 is 6.18 Å². The first-order chi connectivity index (χ1) is 11.0. The van der Waals surface area contributed by atoms with Crippen LogP contribution in [0.2, 0.25) is 0 Å². The van der Waals surface area contributed by atoms with E-state index in [0.717, 1.165) is 18.8 Å². The van der Waals surface area contributed by atoms with Gasteiger partial charge in [0.05, 0.1) is 6.54 Å². The molecule has 1 aliphatic rings. The molecule has 1 atom stereocenters. The highest BCUT2D eigenvalue weighted by Gasteiger charge is 2.29. The number of hydrogen-bond acceptors (Lipinski definition) is 3. The molecule has 2 aromatic rings. The quantitative estimate of drug-likeness (QED) is 0.845. The van der Waals surface area contributed by atoms with Crippen LogP contribution >= 0.6 is 11.8 Å². The maximum Gasteiger partial charge on any atom is 0.406 e. The monoisotopic (exact) mass is 341 g/mol. The number of imidazole rings is 1. The van der Waals surface area contributed by atoms with E-state index in [4.69, 9.17) is 0 Å². The molecule has 1 aromatic carbocycles. The summed E-state index contributed by atoms with van der Waals surface area (Å²) >= 11 is 1.90. The fourth-order valence-corrected chi connectivity index (χ4v) is 4.06. The van der Waals surface area contributed by atoms with Crippen LogP contribution < -0.4 is 0 Å². The summed E-state index contributed by atoms with van der Waals surface area (Å²) in [5, 5.41) is 0.357. The van der Waals surface area contributed by atoms with Gasteiger partial charge in [-0.2, -0.15) is 24.9 Å². The third kappa shape index (κ3) is 4.51. The Hall–Kier alpha value is -1.47. The number of halogens is 3. The number of thioether (sulfide) groups is 1. The molecule has 1 aliphatic heterocycles. The smallest absolute Gasteiger partial charge is 0.325 e. The minimum atomic E-state index is -4.22. The molecule has 1 fully saturated rings. The molecule has 0 amide bonds. The SMILES string of the molecule is FC(F)(F)Cn1ccnc1CN1CCSC(c2ccccc2)C1. The zero-order valence-corrected chi connectivity index (χ0v) is 13.4. The Morgan fingerprint density at radius 1 is 1.22 bits per heavy atom. The Bertz CT molecular complexity index is 627. The van der Waals surface area contributed by atoms with Crippen molar-refractivity contribution in [2.45, 2.75) is 24.5 Å². The highest BCUT2D eigenvalue weighted by Crippen LogP contribution is 2.33. The van der Waals surface area contributed by atoms with E-state index in [-0.39, 0.29) is 0 Å². The van der Waals surface area contributed by atoms with Gasteiger partial charge in [-0.3, -0.25) is 4.90 Å². The molecular formula is C16H18F3N3S. The molecule has 0 spiro atoms. The van der Waals surface area contributed by atoms with Gasteiger partial charge < -0.3 is 4.57 Å². The molecule has 1 unspecified atom stereocenters. The lowest BCUT2D eigenvalue weighted by Crippen LogP contribution is -2.35. The second-order valence-corrected chi connectivity index (χ2v) is 6.90. The number of hydrogen-bond donors (Lipinski definition) is 0.